The van der Waals surface area contributed by atoms with E-state index >= 15 is 0 Å². The van der Waals surface area contributed by atoms with Crippen molar-refractivity contribution in [2.45, 2.75) is 51.5 Å². The van der Waals surface area contributed by atoms with E-state index in [1.54, 1.807) is 14.2 Å². The first-order chi connectivity index (χ1) is 14.8. The molecule has 0 atom stereocenters. The predicted molar refractivity (Wildman–Crippen MR) is 119 cm³/mol. The molecule has 2 heterocycles. The topological polar surface area (TPSA) is 85.6 Å². The van der Waals surface area contributed by atoms with Gasteiger partial charge >= 0.3 is 0 Å². The number of benzene rings is 1. The minimum absolute atomic E-state index is 0.636. The van der Waals surface area contributed by atoms with Gasteiger partial charge in [-0.25, -0.2) is 0 Å². The van der Waals surface area contributed by atoms with E-state index in [9.17, 15) is 0 Å². The number of hydrogen-bond acceptors (Lipinski definition) is 5. The number of fused-ring (bicyclic) bond motifs is 1. The lowest BCUT2D eigenvalue weighted by Crippen LogP contribution is -2.31. The molecule has 0 amide bonds. The summed E-state index contributed by atoms with van der Waals surface area (Å²) in [5, 5.41) is 15.5. The summed E-state index contributed by atoms with van der Waals surface area (Å²) < 4.78 is 13.1. The molecule has 0 radical (unpaired) electrons. The molecule has 0 saturated carbocycles. The van der Waals surface area contributed by atoms with Gasteiger partial charge in [-0.2, -0.15) is 0 Å². The van der Waals surface area contributed by atoms with E-state index in [0.29, 0.717) is 13.2 Å². The number of aryl methyl sites for hydroxylation is 2. The summed E-state index contributed by atoms with van der Waals surface area (Å²) in [5.74, 6) is 3.83. The average Bonchev–Trinajstić information content (AvgIpc) is 2.99. The highest BCUT2D eigenvalue weighted by Crippen LogP contribution is 2.18. The highest BCUT2D eigenvalue weighted by atomic mass is 16.5. The lowest BCUT2D eigenvalue weighted by molar-refractivity contribution is 0.172. The smallest absolute Gasteiger partial charge is 0.195 e. The molecule has 8 heteroatoms. The maximum atomic E-state index is 5.76. The van der Waals surface area contributed by atoms with Crippen LogP contribution in [0, 0.1) is 0 Å². The van der Waals surface area contributed by atoms with Crippen molar-refractivity contribution in [1.82, 2.24) is 20.1 Å². The van der Waals surface area contributed by atoms with E-state index in [1.807, 2.05) is 24.3 Å². The van der Waals surface area contributed by atoms with Crippen LogP contribution < -0.4 is 15.4 Å². The maximum absolute atomic E-state index is 5.76. The van der Waals surface area contributed by atoms with Gasteiger partial charge in [0, 0.05) is 64.9 Å². The molecule has 1 aliphatic heterocycles. The molecule has 1 aromatic carbocycles. The van der Waals surface area contributed by atoms with Gasteiger partial charge in [-0.15, -0.1) is 10.2 Å². The second-order valence-electron chi connectivity index (χ2n) is 7.44. The first kappa shape index (κ1) is 22.1. The predicted octanol–water partition coefficient (Wildman–Crippen LogP) is 3.04. The number of methoxy groups -OCH3 is 1. The van der Waals surface area contributed by atoms with Gasteiger partial charge in [0.15, 0.2) is 5.96 Å². The number of rotatable bonds is 10. The number of aromatic nitrogens is 3. The number of aliphatic imine (C=N–C) groups is 1. The van der Waals surface area contributed by atoms with Crippen molar-refractivity contribution < 1.29 is 9.47 Å². The molecule has 0 spiro atoms. The minimum Gasteiger partial charge on any atom is -0.493 e. The van der Waals surface area contributed by atoms with Crippen molar-refractivity contribution in [2.24, 2.45) is 4.99 Å². The third-order valence-electron chi connectivity index (χ3n) is 5.14. The molecule has 0 bridgehead atoms. The Balaban J connectivity index is 1.42. The van der Waals surface area contributed by atoms with E-state index in [4.69, 9.17) is 9.47 Å². The van der Waals surface area contributed by atoms with Gasteiger partial charge in [-0.1, -0.05) is 12.5 Å². The SMILES string of the molecule is CN=C(NCCCc1nnc2n1CCCCC2)Nc1cccc(OCCCOC)c1. The normalized spacial score (nSPS) is 14.1. The number of ether oxygens (including phenoxy) is 2. The zero-order valence-electron chi connectivity index (χ0n) is 18.2. The van der Waals surface area contributed by atoms with Crippen LogP contribution in [0.3, 0.4) is 0 Å². The monoisotopic (exact) mass is 414 g/mol. The molecule has 0 saturated heterocycles. The molecule has 2 N–H and O–H groups in total. The van der Waals surface area contributed by atoms with E-state index < -0.39 is 0 Å². The molecule has 30 heavy (non-hydrogen) atoms. The summed E-state index contributed by atoms with van der Waals surface area (Å²) in [6.07, 6.45) is 7.54. The first-order valence-electron chi connectivity index (χ1n) is 10.9. The number of nitrogens with one attached hydrogen (secondary N) is 2. The van der Waals surface area contributed by atoms with Crippen LogP contribution >= 0.6 is 0 Å². The van der Waals surface area contributed by atoms with Crippen LogP contribution in [-0.4, -0.2) is 54.6 Å². The molecule has 164 valence electrons. The fourth-order valence-corrected chi connectivity index (χ4v) is 3.56. The van der Waals surface area contributed by atoms with Gasteiger partial charge in [-0.3, -0.25) is 4.99 Å². The van der Waals surface area contributed by atoms with Gasteiger partial charge in [0.1, 0.15) is 17.4 Å². The molecule has 0 fully saturated rings. The highest BCUT2D eigenvalue weighted by molar-refractivity contribution is 5.93. The molecule has 0 aliphatic carbocycles. The third kappa shape index (κ3) is 6.73. The summed E-state index contributed by atoms with van der Waals surface area (Å²) in [6.45, 7) is 3.20. The van der Waals surface area contributed by atoms with Crippen molar-refractivity contribution in [1.29, 1.82) is 0 Å². The van der Waals surface area contributed by atoms with E-state index in [0.717, 1.165) is 67.8 Å². The molecule has 8 nitrogen and oxygen atoms in total. The lowest BCUT2D eigenvalue weighted by Gasteiger charge is -2.13. The Morgan fingerprint density at radius 3 is 2.97 bits per heavy atom. The van der Waals surface area contributed by atoms with Crippen LogP contribution in [0.2, 0.25) is 0 Å². The van der Waals surface area contributed by atoms with Gasteiger partial charge in [0.25, 0.3) is 0 Å². The summed E-state index contributed by atoms with van der Waals surface area (Å²) >= 11 is 0. The van der Waals surface area contributed by atoms with Crippen molar-refractivity contribution in [3.63, 3.8) is 0 Å². The fourth-order valence-electron chi connectivity index (χ4n) is 3.56. The first-order valence-corrected chi connectivity index (χ1v) is 10.9. The van der Waals surface area contributed by atoms with Gasteiger partial charge in [0.05, 0.1) is 6.61 Å². The molecule has 1 aliphatic rings. The van der Waals surface area contributed by atoms with Crippen molar-refractivity contribution in [3.8, 4) is 5.75 Å². The minimum atomic E-state index is 0.636. The molecule has 2 aromatic rings. The molecular weight excluding hydrogens is 380 g/mol. The Hall–Kier alpha value is -2.61. The van der Waals surface area contributed by atoms with E-state index in [2.05, 4.69) is 30.4 Å². The molecule has 1 aromatic heterocycles. The van der Waals surface area contributed by atoms with Crippen molar-refractivity contribution in [3.05, 3.63) is 35.9 Å². The highest BCUT2D eigenvalue weighted by Gasteiger charge is 2.14. The van der Waals surface area contributed by atoms with E-state index in [-0.39, 0.29) is 0 Å². The zero-order valence-corrected chi connectivity index (χ0v) is 18.2. The summed E-state index contributed by atoms with van der Waals surface area (Å²) in [5.41, 5.74) is 0.940. The van der Waals surface area contributed by atoms with Gasteiger partial charge in [-0.05, 0) is 31.4 Å². The van der Waals surface area contributed by atoms with Crippen LogP contribution in [0.5, 0.6) is 5.75 Å². The Kier molecular flexibility index (Phi) is 8.96. The van der Waals surface area contributed by atoms with Gasteiger partial charge in [0.2, 0.25) is 0 Å². The fraction of sp³-hybridized carbons (Fsp3) is 0.591. The summed E-state index contributed by atoms with van der Waals surface area (Å²) in [4.78, 5) is 4.32. The Morgan fingerprint density at radius 1 is 1.17 bits per heavy atom. The Bertz CT molecular complexity index is 805. The average molecular weight is 415 g/mol. The van der Waals surface area contributed by atoms with Gasteiger partial charge < -0.3 is 24.7 Å². The number of hydrogen-bond donors (Lipinski definition) is 2. The van der Waals surface area contributed by atoms with Crippen molar-refractivity contribution in [2.75, 3.05) is 39.2 Å². The number of anilines is 1. The van der Waals surface area contributed by atoms with Crippen LogP contribution in [0.25, 0.3) is 0 Å². The Morgan fingerprint density at radius 2 is 2.10 bits per heavy atom. The molecule has 0 unspecified atom stereocenters. The van der Waals surface area contributed by atoms with Crippen molar-refractivity contribution >= 4 is 11.6 Å². The molecule has 3 rings (SSSR count). The second kappa shape index (κ2) is 12.2. The second-order valence-corrected chi connectivity index (χ2v) is 7.44. The van der Waals surface area contributed by atoms with Crippen LogP contribution in [0.4, 0.5) is 5.69 Å². The number of guanidine groups is 1. The van der Waals surface area contributed by atoms with E-state index in [1.165, 1.54) is 19.3 Å². The maximum Gasteiger partial charge on any atom is 0.195 e. The largest absolute Gasteiger partial charge is 0.493 e. The van der Waals surface area contributed by atoms with Crippen LogP contribution in [-0.2, 0) is 24.1 Å². The van der Waals surface area contributed by atoms with Crippen LogP contribution in [0.1, 0.15) is 43.8 Å². The standard InChI is InChI=1S/C22H34N6O2/c1-23-22(25-18-9-6-10-19(17-18)30-16-8-15-29-2)24-13-7-12-21-27-26-20-11-4-3-5-14-28(20)21/h6,9-10,17H,3-5,7-8,11-16H2,1-2H3,(H2,23,24,25). The summed E-state index contributed by atoms with van der Waals surface area (Å²) in [7, 11) is 3.48. The summed E-state index contributed by atoms with van der Waals surface area (Å²) in [6, 6.07) is 7.90. The Labute approximate surface area is 179 Å². The third-order valence-corrected chi connectivity index (χ3v) is 5.14. The zero-order chi connectivity index (χ0) is 21.0. The quantitative estimate of drug-likeness (QED) is 0.353. The van der Waals surface area contributed by atoms with Crippen LogP contribution in [0.15, 0.2) is 29.3 Å². The molecular formula is C22H34N6O2. The lowest BCUT2D eigenvalue weighted by atomic mass is 10.2. The number of nitrogens with zero attached hydrogens (tertiary/aromatic N) is 4.